The van der Waals surface area contributed by atoms with Crippen molar-refractivity contribution in [3.05, 3.63) is 34.6 Å². The molecule has 1 aromatic carbocycles. The summed E-state index contributed by atoms with van der Waals surface area (Å²) in [5, 5.41) is 3.22. The molecule has 0 saturated carbocycles. The maximum Gasteiger partial charge on any atom is 0.309 e. The van der Waals surface area contributed by atoms with E-state index in [9.17, 15) is 9.18 Å². The van der Waals surface area contributed by atoms with Crippen LogP contribution in [-0.4, -0.2) is 19.1 Å². The van der Waals surface area contributed by atoms with Crippen molar-refractivity contribution >= 4 is 17.6 Å². The lowest BCUT2D eigenvalue weighted by Gasteiger charge is -2.21. The minimum atomic E-state index is -0.516. The summed E-state index contributed by atoms with van der Waals surface area (Å²) in [6, 6.07) is 4.67. The van der Waals surface area contributed by atoms with Gasteiger partial charge in [-0.1, -0.05) is 23.7 Å². The number of piperidine rings is 1. The molecule has 0 radical (unpaired) electrons. The summed E-state index contributed by atoms with van der Waals surface area (Å²) in [4.78, 5) is 11.8. The van der Waals surface area contributed by atoms with Crippen LogP contribution in [0.15, 0.2) is 18.2 Å². The Kier molecular flexibility index (Phi) is 4.55. The van der Waals surface area contributed by atoms with Crippen molar-refractivity contribution in [1.82, 2.24) is 5.32 Å². The zero-order valence-corrected chi connectivity index (χ0v) is 10.7. The second kappa shape index (κ2) is 6.16. The zero-order chi connectivity index (χ0) is 13.0. The summed E-state index contributed by atoms with van der Waals surface area (Å²) in [7, 11) is 0. The molecule has 0 atom stereocenters. The van der Waals surface area contributed by atoms with Crippen molar-refractivity contribution in [2.45, 2.75) is 19.4 Å². The number of esters is 1. The Morgan fingerprint density at radius 1 is 1.44 bits per heavy atom. The average molecular weight is 272 g/mol. The van der Waals surface area contributed by atoms with Gasteiger partial charge < -0.3 is 10.1 Å². The first kappa shape index (κ1) is 13.3. The molecule has 1 aromatic rings. The van der Waals surface area contributed by atoms with Crippen LogP contribution in [0.2, 0.25) is 5.02 Å². The quantitative estimate of drug-likeness (QED) is 0.859. The van der Waals surface area contributed by atoms with Crippen molar-refractivity contribution in [3.63, 3.8) is 0 Å². The van der Waals surface area contributed by atoms with E-state index in [1.165, 1.54) is 6.07 Å². The monoisotopic (exact) mass is 271 g/mol. The van der Waals surface area contributed by atoms with Crippen LogP contribution in [0.1, 0.15) is 18.4 Å². The Morgan fingerprint density at radius 3 is 2.89 bits per heavy atom. The molecule has 98 valence electrons. The van der Waals surface area contributed by atoms with Crippen LogP contribution in [0.4, 0.5) is 4.39 Å². The van der Waals surface area contributed by atoms with E-state index in [0.29, 0.717) is 5.56 Å². The van der Waals surface area contributed by atoms with Crippen molar-refractivity contribution in [3.8, 4) is 0 Å². The summed E-state index contributed by atoms with van der Waals surface area (Å²) in [5.41, 5.74) is 0.310. The lowest BCUT2D eigenvalue weighted by atomic mass is 9.98. The Labute approximate surface area is 110 Å². The van der Waals surface area contributed by atoms with E-state index in [4.69, 9.17) is 16.3 Å². The molecule has 0 aliphatic carbocycles. The second-order valence-electron chi connectivity index (χ2n) is 4.34. The number of rotatable bonds is 3. The van der Waals surface area contributed by atoms with E-state index in [2.05, 4.69) is 5.32 Å². The highest BCUT2D eigenvalue weighted by Gasteiger charge is 2.22. The molecular formula is C13H15ClFNO2. The Balaban J connectivity index is 1.90. The molecule has 1 aliphatic heterocycles. The van der Waals surface area contributed by atoms with E-state index in [0.717, 1.165) is 25.9 Å². The highest BCUT2D eigenvalue weighted by atomic mass is 35.5. The average Bonchev–Trinajstić information content (AvgIpc) is 2.41. The van der Waals surface area contributed by atoms with Gasteiger partial charge in [-0.15, -0.1) is 0 Å². The summed E-state index contributed by atoms with van der Waals surface area (Å²) in [5.74, 6) is -0.846. The third-order valence-corrected chi connectivity index (χ3v) is 3.37. The molecule has 0 unspecified atom stereocenters. The van der Waals surface area contributed by atoms with E-state index in [1.807, 2.05) is 0 Å². The van der Waals surface area contributed by atoms with E-state index in [1.54, 1.807) is 12.1 Å². The van der Waals surface area contributed by atoms with Gasteiger partial charge in [0.25, 0.3) is 0 Å². The Hall–Kier alpha value is -1.13. The molecular weight excluding hydrogens is 257 g/mol. The highest BCUT2D eigenvalue weighted by Crippen LogP contribution is 2.20. The number of carbonyl (C=O) groups excluding carboxylic acids is 1. The first-order valence-electron chi connectivity index (χ1n) is 5.98. The van der Waals surface area contributed by atoms with Crippen molar-refractivity contribution in [2.24, 2.45) is 5.92 Å². The summed E-state index contributed by atoms with van der Waals surface area (Å²) >= 11 is 5.65. The van der Waals surface area contributed by atoms with Crippen LogP contribution in [0.25, 0.3) is 0 Å². The fraction of sp³-hybridized carbons (Fsp3) is 0.462. The molecule has 0 bridgehead atoms. The summed E-state index contributed by atoms with van der Waals surface area (Å²) in [6.07, 6.45) is 1.55. The number of halogens is 2. The van der Waals surface area contributed by atoms with Gasteiger partial charge >= 0.3 is 5.97 Å². The van der Waals surface area contributed by atoms with Crippen molar-refractivity contribution in [1.29, 1.82) is 0 Å². The van der Waals surface area contributed by atoms with Gasteiger partial charge in [-0.2, -0.15) is 0 Å². The zero-order valence-electron chi connectivity index (χ0n) is 9.92. The maximum atomic E-state index is 13.6. The van der Waals surface area contributed by atoms with E-state index in [-0.39, 0.29) is 23.5 Å². The van der Waals surface area contributed by atoms with Gasteiger partial charge in [-0.05, 0) is 32.0 Å². The predicted octanol–water partition coefficient (Wildman–Crippen LogP) is 2.52. The van der Waals surface area contributed by atoms with Crippen LogP contribution in [0.5, 0.6) is 0 Å². The minimum absolute atomic E-state index is 0.0467. The third kappa shape index (κ3) is 3.21. The molecule has 2 rings (SSSR count). The fourth-order valence-electron chi connectivity index (χ4n) is 1.98. The molecule has 0 amide bonds. The largest absolute Gasteiger partial charge is 0.460 e. The molecule has 0 aromatic heterocycles. The number of carbonyl (C=O) groups is 1. The number of hydrogen-bond acceptors (Lipinski definition) is 3. The lowest BCUT2D eigenvalue weighted by Crippen LogP contribution is -2.32. The van der Waals surface area contributed by atoms with Gasteiger partial charge in [0.2, 0.25) is 0 Å². The lowest BCUT2D eigenvalue weighted by molar-refractivity contribution is -0.150. The molecule has 1 aliphatic rings. The number of nitrogens with one attached hydrogen (secondary N) is 1. The normalized spacial score (nSPS) is 16.6. The topological polar surface area (TPSA) is 38.3 Å². The molecule has 1 N–H and O–H groups in total. The Bertz CT molecular complexity index is 433. The molecule has 1 saturated heterocycles. The van der Waals surface area contributed by atoms with Crippen LogP contribution in [0, 0.1) is 11.7 Å². The predicted molar refractivity (Wildman–Crippen MR) is 66.8 cm³/mol. The van der Waals surface area contributed by atoms with Gasteiger partial charge in [0.15, 0.2) is 0 Å². The van der Waals surface area contributed by atoms with Gasteiger partial charge in [-0.3, -0.25) is 4.79 Å². The second-order valence-corrected chi connectivity index (χ2v) is 4.75. The SMILES string of the molecule is O=C(OCc1cccc(Cl)c1F)C1CCNCC1. The van der Waals surface area contributed by atoms with Crippen molar-refractivity contribution < 1.29 is 13.9 Å². The summed E-state index contributed by atoms with van der Waals surface area (Å²) < 4.78 is 18.7. The van der Waals surface area contributed by atoms with Gasteiger partial charge in [0.1, 0.15) is 12.4 Å². The fourth-order valence-corrected chi connectivity index (χ4v) is 2.18. The van der Waals surface area contributed by atoms with Crippen LogP contribution in [-0.2, 0) is 16.1 Å². The Morgan fingerprint density at radius 2 is 2.17 bits per heavy atom. The molecule has 0 spiro atoms. The first-order chi connectivity index (χ1) is 8.68. The number of hydrogen-bond donors (Lipinski definition) is 1. The van der Waals surface area contributed by atoms with Crippen molar-refractivity contribution in [2.75, 3.05) is 13.1 Å². The summed E-state index contributed by atoms with van der Waals surface area (Å²) in [6.45, 7) is 1.59. The van der Waals surface area contributed by atoms with Gasteiger partial charge in [-0.25, -0.2) is 4.39 Å². The van der Waals surface area contributed by atoms with Gasteiger partial charge in [0, 0.05) is 5.56 Å². The number of ether oxygens (including phenoxy) is 1. The highest BCUT2D eigenvalue weighted by molar-refractivity contribution is 6.30. The van der Waals surface area contributed by atoms with Crippen LogP contribution < -0.4 is 5.32 Å². The third-order valence-electron chi connectivity index (χ3n) is 3.07. The molecule has 1 heterocycles. The van der Waals surface area contributed by atoms with E-state index >= 15 is 0 Å². The van der Waals surface area contributed by atoms with Gasteiger partial charge in [0.05, 0.1) is 10.9 Å². The van der Waals surface area contributed by atoms with E-state index < -0.39 is 5.82 Å². The van der Waals surface area contributed by atoms with Crippen LogP contribution >= 0.6 is 11.6 Å². The minimum Gasteiger partial charge on any atom is -0.460 e. The molecule has 1 fully saturated rings. The first-order valence-corrected chi connectivity index (χ1v) is 6.36. The van der Waals surface area contributed by atoms with Crippen LogP contribution in [0.3, 0.4) is 0 Å². The standard InChI is InChI=1S/C13H15ClFNO2/c14-11-3-1-2-10(12(11)15)8-18-13(17)9-4-6-16-7-5-9/h1-3,9,16H,4-8H2. The smallest absolute Gasteiger partial charge is 0.309 e. The molecule has 3 nitrogen and oxygen atoms in total. The molecule has 18 heavy (non-hydrogen) atoms. The molecule has 5 heteroatoms. The maximum absolute atomic E-state index is 13.6. The number of benzene rings is 1.